The molecule has 0 aliphatic rings. The maximum Gasteiger partial charge on any atom is 0.282 e. The van der Waals surface area contributed by atoms with Crippen LogP contribution in [0, 0.1) is 0 Å². The minimum Gasteiger partial charge on any atom is -0.496 e. The summed E-state index contributed by atoms with van der Waals surface area (Å²) in [6, 6.07) is 5.00. The zero-order valence-corrected chi connectivity index (χ0v) is 17.7. The smallest absolute Gasteiger partial charge is 0.282 e. The first-order valence-electron chi connectivity index (χ1n) is 8.91. The number of benzene rings is 1. The van der Waals surface area contributed by atoms with Crippen LogP contribution in [0.4, 0.5) is 0 Å². The molecule has 0 aliphatic heterocycles. The van der Waals surface area contributed by atoms with Crippen molar-refractivity contribution >= 4 is 29.0 Å². The Labute approximate surface area is 164 Å². The molecule has 1 heterocycles. The van der Waals surface area contributed by atoms with E-state index in [0.717, 1.165) is 29.5 Å². The summed E-state index contributed by atoms with van der Waals surface area (Å²) in [4.78, 5) is 17.2. The molecule has 0 radical (unpaired) electrons. The topological polar surface area (TPSA) is 43.6 Å². The third-order valence-electron chi connectivity index (χ3n) is 4.04. The Kier molecular flexibility index (Phi) is 7.07. The van der Waals surface area contributed by atoms with E-state index in [1.165, 1.54) is 25.1 Å². The van der Waals surface area contributed by atoms with Crippen LogP contribution in [0.3, 0.4) is 0 Å². The fraction of sp³-hybridized carbons (Fsp3) is 0.500. The van der Waals surface area contributed by atoms with E-state index in [-0.39, 0.29) is 11.4 Å². The minimum atomic E-state index is -0.330. The number of nitrogens with zero attached hydrogens (tertiary/aromatic N) is 2. The van der Waals surface area contributed by atoms with E-state index in [1.807, 2.05) is 0 Å². The highest BCUT2D eigenvalue weighted by molar-refractivity contribution is 7.04. The van der Waals surface area contributed by atoms with E-state index in [9.17, 15) is 4.79 Å². The quantitative estimate of drug-likeness (QED) is 0.612. The van der Waals surface area contributed by atoms with Gasteiger partial charge in [0.15, 0.2) is 0 Å². The van der Waals surface area contributed by atoms with Crippen molar-refractivity contribution in [2.24, 2.45) is 4.99 Å². The van der Waals surface area contributed by atoms with E-state index >= 15 is 0 Å². The van der Waals surface area contributed by atoms with Crippen molar-refractivity contribution in [2.45, 2.75) is 58.9 Å². The fourth-order valence-electron chi connectivity index (χ4n) is 2.53. The molecule has 1 aromatic carbocycles. The highest BCUT2D eigenvalue weighted by Gasteiger charge is 2.17. The Bertz CT molecular complexity index is 831. The zero-order chi connectivity index (χ0) is 19.3. The molecule has 0 saturated heterocycles. The predicted octanol–water partition coefficient (Wildman–Crippen LogP) is 5.44. The molecule has 0 aliphatic carbocycles. The monoisotopic (exact) mass is 394 g/mol. The molecule has 142 valence electrons. The Hall–Kier alpha value is -1.59. The molecule has 0 atom stereocenters. The molecular weight excluding hydrogens is 368 g/mol. The van der Waals surface area contributed by atoms with Crippen molar-refractivity contribution < 1.29 is 9.53 Å². The maximum absolute atomic E-state index is 12.8. The lowest BCUT2D eigenvalue weighted by Crippen LogP contribution is -2.18. The molecule has 2 aromatic rings. The standard InChI is InChI=1S/C20H27ClN2O2S/c1-6-7-8-9-14-13-23(20(2,3)4)26-19(14)22-18(24)16-12-15(21)10-11-17(16)25-5/h10-13H,6-9H2,1-5H3/b22-19-. The maximum atomic E-state index is 12.8. The third-order valence-corrected chi connectivity index (χ3v) is 5.65. The highest BCUT2D eigenvalue weighted by Crippen LogP contribution is 2.24. The van der Waals surface area contributed by atoms with Gasteiger partial charge in [-0.2, -0.15) is 4.99 Å². The van der Waals surface area contributed by atoms with E-state index in [4.69, 9.17) is 16.3 Å². The molecule has 1 amide bonds. The van der Waals surface area contributed by atoms with Gasteiger partial charge in [0, 0.05) is 22.3 Å². The van der Waals surface area contributed by atoms with Gasteiger partial charge in [0.25, 0.3) is 5.91 Å². The number of halogens is 1. The van der Waals surface area contributed by atoms with Crippen molar-refractivity contribution in [2.75, 3.05) is 7.11 Å². The number of ether oxygens (including phenoxy) is 1. The number of aromatic nitrogens is 1. The normalized spacial score (nSPS) is 12.5. The second-order valence-electron chi connectivity index (χ2n) is 7.27. The summed E-state index contributed by atoms with van der Waals surface area (Å²) in [5.41, 5.74) is 1.46. The van der Waals surface area contributed by atoms with Crippen LogP contribution < -0.4 is 9.41 Å². The van der Waals surface area contributed by atoms with Gasteiger partial charge < -0.3 is 4.74 Å². The number of rotatable bonds is 6. The number of amides is 1. The Balaban J connectivity index is 2.46. The van der Waals surface area contributed by atoms with Gasteiger partial charge in [-0.1, -0.05) is 31.4 Å². The third kappa shape index (κ3) is 5.21. The molecule has 0 spiro atoms. The number of carbonyl (C=O) groups excluding carboxylic acids is 1. The van der Waals surface area contributed by atoms with Gasteiger partial charge in [-0.15, -0.1) is 0 Å². The molecule has 6 heteroatoms. The van der Waals surface area contributed by atoms with Crippen LogP contribution >= 0.6 is 23.1 Å². The number of hydrogen-bond acceptors (Lipinski definition) is 3. The van der Waals surface area contributed by atoms with Crippen LogP contribution in [-0.4, -0.2) is 17.0 Å². The van der Waals surface area contributed by atoms with Crippen molar-refractivity contribution in [3.63, 3.8) is 0 Å². The molecule has 0 fully saturated rings. The number of hydrogen-bond donors (Lipinski definition) is 0. The molecule has 0 saturated carbocycles. The lowest BCUT2D eigenvalue weighted by atomic mass is 10.1. The van der Waals surface area contributed by atoms with Crippen molar-refractivity contribution in [1.82, 2.24) is 3.96 Å². The summed E-state index contributed by atoms with van der Waals surface area (Å²) in [5.74, 6) is 0.153. The molecule has 26 heavy (non-hydrogen) atoms. The molecule has 2 rings (SSSR count). The van der Waals surface area contributed by atoms with Crippen LogP contribution in [0.15, 0.2) is 29.4 Å². The Morgan fingerprint density at radius 1 is 1.31 bits per heavy atom. The number of methoxy groups -OCH3 is 1. The molecule has 0 unspecified atom stereocenters. The number of carbonyl (C=O) groups is 1. The molecule has 4 nitrogen and oxygen atoms in total. The van der Waals surface area contributed by atoms with Gasteiger partial charge >= 0.3 is 0 Å². The van der Waals surface area contributed by atoms with Crippen molar-refractivity contribution in [1.29, 1.82) is 0 Å². The van der Waals surface area contributed by atoms with E-state index in [2.05, 4.69) is 42.8 Å². The summed E-state index contributed by atoms with van der Waals surface area (Å²) in [7, 11) is 1.54. The Morgan fingerprint density at radius 3 is 2.65 bits per heavy atom. The predicted molar refractivity (Wildman–Crippen MR) is 108 cm³/mol. The van der Waals surface area contributed by atoms with E-state index in [1.54, 1.807) is 18.2 Å². The van der Waals surface area contributed by atoms with E-state index in [0.29, 0.717) is 16.3 Å². The SMILES string of the molecule is CCCCCc1cn(C(C)(C)C)s/c1=N\C(=O)c1cc(Cl)ccc1OC. The van der Waals surface area contributed by atoms with Crippen molar-refractivity contribution in [3.05, 3.63) is 45.2 Å². The van der Waals surface area contributed by atoms with Gasteiger partial charge in [0.2, 0.25) is 0 Å². The highest BCUT2D eigenvalue weighted by atomic mass is 35.5. The first kappa shape index (κ1) is 20.7. The zero-order valence-electron chi connectivity index (χ0n) is 16.1. The lowest BCUT2D eigenvalue weighted by molar-refractivity contribution is 0.0996. The Morgan fingerprint density at radius 2 is 2.04 bits per heavy atom. The van der Waals surface area contributed by atoms with Gasteiger partial charge in [-0.3, -0.25) is 8.75 Å². The van der Waals surface area contributed by atoms with Crippen LogP contribution in [0.5, 0.6) is 5.75 Å². The molecule has 0 N–H and O–H groups in total. The summed E-state index contributed by atoms with van der Waals surface area (Å²) in [5, 5.41) is 0.489. The van der Waals surface area contributed by atoms with Gasteiger partial charge in [0.1, 0.15) is 10.4 Å². The summed E-state index contributed by atoms with van der Waals surface area (Å²) < 4.78 is 8.22. The second-order valence-corrected chi connectivity index (χ2v) is 8.67. The van der Waals surface area contributed by atoms with Crippen LogP contribution in [-0.2, 0) is 12.0 Å². The number of unbranched alkanes of at least 4 members (excludes halogenated alkanes) is 2. The molecule has 0 bridgehead atoms. The summed E-state index contributed by atoms with van der Waals surface area (Å²) in [6.45, 7) is 8.62. The lowest BCUT2D eigenvalue weighted by Gasteiger charge is -2.19. The van der Waals surface area contributed by atoms with Gasteiger partial charge in [0.05, 0.1) is 12.7 Å². The van der Waals surface area contributed by atoms with Crippen LogP contribution in [0.2, 0.25) is 5.02 Å². The molecular formula is C20H27ClN2O2S. The molecule has 1 aromatic heterocycles. The second kappa shape index (κ2) is 8.87. The minimum absolute atomic E-state index is 0.0469. The number of aryl methyl sites for hydroxylation is 1. The summed E-state index contributed by atoms with van der Waals surface area (Å²) in [6.07, 6.45) is 6.47. The van der Waals surface area contributed by atoms with Crippen LogP contribution in [0.1, 0.15) is 62.9 Å². The first-order chi connectivity index (χ1) is 12.3. The summed E-state index contributed by atoms with van der Waals surface area (Å²) >= 11 is 7.57. The average Bonchev–Trinajstić information content (AvgIpc) is 2.98. The fourth-order valence-corrected chi connectivity index (χ4v) is 3.74. The van der Waals surface area contributed by atoms with Gasteiger partial charge in [-0.05, 0) is 63.3 Å². The van der Waals surface area contributed by atoms with Gasteiger partial charge in [-0.25, -0.2) is 0 Å². The van der Waals surface area contributed by atoms with Crippen LogP contribution in [0.25, 0.3) is 0 Å². The van der Waals surface area contributed by atoms with E-state index < -0.39 is 0 Å². The van der Waals surface area contributed by atoms with Crippen molar-refractivity contribution in [3.8, 4) is 5.75 Å². The largest absolute Gasteiger partial charge is 0.496 e. The first-order valence-corrected chi connectivity index (χ1v) is 10.1. The average molecular weight is 395 g/mol.